The van der Waals surface area contributed by atoms with Crippen molar-refractivity contribution in [2.75, 3.05) is 20.1 Å². The molecule has 3 heterocycles. The second kappa shape index (κ2) is 10.6. The van der Waals surface area contributed by atoms with Crippen molar-refractivity contribution in [1.29, 1.82) is 0 Å². The molecule has 7 heteroatoms. The molecule has 3 aromatic rings. The van der Waals surface area contributed by atoms with E-state index in [1.165, 1.54) is 5.56 Å². The minimum Gasteiger partial charge on any atom is -0.361 e. The molecule has 34 heavy (non-hydrogen) atoms. The van der Waals surface area contributed by atoms with E-state index < -0.39 is 0 Å². The number of likely N-dealkylation sites (tertiary alicyclic amines) is 1. The smallest absolute Gasteiger partial charge is 0.272 e. The van der Waals surface area contributed by atoms with Crippen LogP contribution in [0.15, 0.2) is 59.3 Å². The number of aryl methyl sites for hydroxylation is 2. The molecule has 178 valence electrons. The van der Waals surface area contributed by atoms with Crippen LogP contribution in [0.2, 0.25) is 0 Å². The number of hydrogen-bond acceptors (Lipinski definition) is 5. The van der Waals surface area contributed by atoms with Crippen LogP contribution < -0.4 is 0 Å². The maximum absolute atomic E-state index is 13.2. The molecule has 1 saturated heterocycles. The first-order chi connectivity index (χ1) is 16.4. The fraction of sp³-hybridized carbons (Fsp3) is 0.407. The van der Waals surface area contributed by atoms with E-state index in [1.807, 2.05) is 61.0 Å². The van der Waals surface area contributed by atoms with Crippen molar-refractivity contribution in [3.63, 3.8) is 0 Å². The van der Waals surface area contributed by atoms with E-state index >= 15 is 0 Å². The summed E-state index contributed by atoms with van der Waals surface area (Å²) in [6, 6.07) is 15.7. The SMILES string of the molecule is Cc1noc(C)c1CC(=O)N1CCC(C(Cc2ccccc2)N(C)C(=O)c2ccccn2)CC1. The number of rotatable bonds is 7. The quantitative estimate of drug-likeness (QED) is 0.535. The Labute approximate surface area is 200 Å². The van der Waals surface area contributed by atoms with Gasteiger partial charge in [-0.15, -0.1) is 0 Å². The van der Waals surface area contributed by atoms with Crippen molar-refractivity contribution in [1.82, 2.24) is 19.9 Å². The number of aromatic nitrogens is 2. The molecule has 1 aromatic carbocycles. The van der Waals surface area contributed by atoms with E-state index in [1.54, 1.807) is 12.3 Å². The number of carbonyl (C=O) groups excluding carboxylic acids is 2. The lowest BCUT2D eigenvalue weighted by Crippen LogP contribution is -2.48. The molecule has 1 fully saturated rings. The highest BCUT2D eigenvalue weighted by atomic mass is 16.5. The number of hydrogen-bond donors (Lipinski definition) is 0. The van der Waals surface area contributed by atoms with Gasteiger partial charge < -0.3 is 14.3 Å². The molecule has 0 saturated carbocycles. The Morgan fingerprint density at radius 1 is 1.09 bits per heavy atom. The fourth-order valence-corrected chi connectivity index (χ4v) is 4.85. The van der Waals surface area contributed by atoms with Crippen LogP contribution in [-0.2, 0) is 17.6 Å². The van der Waals surface area contributed by atoms with E-state index in [4.69, 9.17) is 4.52 Å². The normalized spacial score (nSPS) is 15.2. The Morgan fingerprint density at radius 3 is 2.41 bits per heavy atom. The number of piperidine rings is 1. The van der Waals surface area contributed by atoms with Gasteiger partial charge in [0.15, 0.2) is 0 Å². The third kappa shape index (κ3) is 5.35. The Bertz CT molecular complexity index is 1090. The number of likely N-dealkylation sites (N-methyl/N-ethyl adjacent to an activating group) is 1. The summed E-state index contributed by atoms with van der Waals surface area (Å²) < 4.78 is 5.21. The van der Waals surface area contributed by atoms with E-state index in [2.05, 4.69) is 22.3 Å². The zero-order chi connectivity index (χ0) is 24.1. The number of benzene rings is 1. The van der Waals surface area contributed by atoms with Crippen LogP contribution in [0.1, 0.15) is 45.9 Å². The third-order valence-corrected chi connectivity index (χ3v) is 6.94. The maximum Gasteiger partial charge on any atom is 0.272 e. The van der Waals surface area contributed by atoms with Crippen LogP contribution in [0.25, 0.3) is 0 Å². The summed E-state index contributed by atoms with van der Waals surface area (Å²) >= 11 is 0. The summed E-state index contributed by atoms with van der Waals surface area (Å²) in [7, 11) is 1.87. The van der Waals surface area contributed by atoms with Crippen molar-refractivity contribution in [2.45, 2.75) is 45.6 Å². The third-order valence-electron chi connectivity index (χ3n) is 6.94. The van der Waals surface area contributed by atoms with Gasteiger partial charge in [-0.05, 0) is 56.7 Å². The van der Waals surface area contributed by atoms with Crippen LogP contribution in [0.5, 0.6) is 0 Å². The van der Waals surface area contributed by atoms with Crippen LogP contribution in [0, 0.1) is 19.8 Å². The molecular formula is C27H32N4O3. The van der Waals surface area contributed by atoms with Crippen LogP contribution in [0.4, 0.5) is 0 Å². The number of carbonyl (C=O) groups is 2. The van der Waals surface area contributed by atoms with Gasteiger partial charge in [-0.25, -0.2) is 0 Å². The van der Waals surface area contributed by atoms with Gasteiger partial charge in [-0.3, -0.25) is 14.6 Å². The van der Waals surface area contributed by atoms with Gasteiger partial charge in [0.05, 0.1) is 12.1 Å². The molecule has 1 atom stereocenters. The summed E-state index contributed by atoms with van der Waals surface area (Å²) in [5.74, 6) is 1.03. The average Bonchev–Trinajstić information content (AvgIpc) is 3.19. The molecule has 0 bridgehead atoms. The van der Waals surface area contributed by atoms with Gasteiger partial charge in [0, 0.05) is 37.9 Å². The van der Waals surface area contributed by atoms with Gasteiger partial charge in [0.25, 0.3) is 5.91 Å². The van der Waals surface area contributed by atoms with Crippen LogP contribution in [-0.4, -0.2) is 57.9 Å². The predicted octanol–water partition coefficient (Wildman–Crippen LogP) is 3.85. The molecular weight excluding hydrogens is 428 g/mol. The molecule has 0 N–H and O–H groups in total. The minimum absolute atomic E-state index is 0.0247. The van der Waals surface area contributed by atoms with Crippen molar-refractivity contribution in [3.8, 4) is 0 Å². The summed E-state index contributed by atoms with van der Waals surface area (Å²) in [6.45, 7) is 5.08. The van der Waals surface area contributed by atoms with Crippen molar-refractivity contribution >= 4 is 11.8 Å². The molecule has 1 aliphatic heterocycles. The second-order valence-electron chi connectivity index (χ2n) is 9.09. The lowest BCUT2D eigenvalue weighted by molar-refractivity contribution is -0.132. The topological polar surface area (TPSA) is 79.5 Å². The molecule has 2 aromatic heterocycles. The average molecular weight is 461 g/mol. The highest BCUT2D eigenvalue weighted by Gasteiger charge is 2.33. The lowest BCUT2D eigenvalue weighted by atomic mass is 9.84. The van der Waals surface area contributed by atoms with Gasteiger partial charge in [0.1, 0.15) is 11.5 Å². The number of amides is 2. The molecule has 0 spiro atoms. The monoisotopic (exact) mass is 460 g/mol. The summed E-state index contributed by atoms with van der Waals surface area (Å²) in [4.78, 5) is 34.2. The zero-order valence-electron chi connectivity index (χ0n) is 20.1. The minimum atomic E-state index is -0.0709. The van der Waals surface area contributed by atoms with Gasteiger partial charge >= 0.3 is 0 Å². The predicted molar refractivity (Wildman–Crippen MR) is 129 cm³/mol. The molecule has 4 rings (SSSR count). The Balaban J connectivity index is 1.45. The standard InChI is InChI=1S/C27H32N4O3/c1-19-23(20(2)34-29-19)18-26(32)31-15-12-22(13-16-31)25(17-21-9-5-4-6-10-21)30(3)27(33)24-11-7-8-14-28-24/h4-11,14,22,25H,12-13,15-18H2,1-3H3. The highest BCUT2D eigenvalue weighted by Crippen LogP contribution is 2.28. The lowest BCUT2D eigenvalue weighted by Gasteiger charge is -2.40. The maximum atomic E-state index is 13.2. The van der Waals surface area contributed by atoms with Gasteiger partial charge in [-0.2, -0.15) is 0 Å². The van der Waals surface area contributed by atoms with Crippen molar-refractivity contribution < 1.29 is 14.1 Å². The van der Waals surface area contributed by atoms with Crippen LogP contribution >= 0.6 is 0 Å². The molecule has 2 amide bonds. The summed E-state index contributed by atoms with van der Waals surface area (Å²) in [5, 5.41) is 3.96. The fourth-order valence-electron chi connectivity index (χ4n) is 4.85. The first-order valence-electron chi connectivity index (χ1n) is 11.9. The Hall–Kier alpha value is -3.48. The molecule has 7 nitrogen and oxygen atoms in total. The van der Waals surface area contributed by atoms with Gasteiger partial charge in [-0.1, -0.05) is 41.6 Å². The summed E-state index contributed by atoms with van der Waals surface area (Å²) in [6.07, 6.45) is 4.44. The molecule has 0 aliphatic carbocycles. The van der Waals surface area contributed by atoms with Crippen molar-refractivity contribution in [3.05, 3.63) is 83.0 Å². The second-order valence-corrected chi connectivity index (χ2v) is 9.09. The molecule has 1 unspecified atom stereocenters. The van der Waals surface area contributed by atoms with E-state index in [0.29, 0.717) is 36.9 Å². The van der Waals surface area contributed by atoms with Crippen molar-refractivity contribution in [2.24, 2.45) is 5.92 Å². The van der Waals surface area contributed by atoms with E-state index in [-0.39, 0.29) is 17.9 Å². The van der Waals surface area contributed by atoms with Gasteiger partial charge in [0.2, 0.25) is 5.91 Å². The molecule has 0 radical (unpaired) electrons. The Kier molecular flexibility index (Phi) is 7.40. The first kappa shape index (κ1) is 23.7. The summed E-state index contributed by atoms with van der Waals surface area (Å²) in [5.41, 5.74) is 3.31. The largest absolute Gasteiger partial charge is 0.361 e. The number of nitrogens with zero attached hydrogens (tertiary/aromatic N) is 4. The van der Waals surface area contributed by atoms with E-state index in [9.17, 15) is 9.59 Å². The zero-order valence-corrected chi connectivity index (χ0v) is 20.1. The van der Waals surface area contributed by atoms with Crippen LogP contribution in [0.3, 0.4) is 0 Å². The Morgan fingerprint density at radius 2 is 1.79 bits per heavy atom. The number of pyridine rings is 1. The van der Waals surface area contributed by atoms with E-state index in [0.717, 1.165) is 30.5 Å². The molecule has 1 aliphatic rings. The first-order valence-corrected chi connectivity index (χ1v) is 11.9. The highest BCUT2D eigenvalue weighted by molar-refractivity contribution is 5.92.